The Balaban J connectivity index is 1.85. The van der Waals surface area contributed by atoms with Gasteiger partial charge < -0.3 is 9.72 Å². The number of imidazole rings is 1. The molecule has 0 radical (unpaired) electrons. The number of nitrogens with zero attached hydrogens (tertiary/aromatic N) is 2. The Labute approximate surface area is 112 Å². The summed E-state index contributed by atoms with van der Waals surface area (Å²) in [6.07, 6.45) is 3.60. The van der Waals surface area contributed by atoms with Gasteiger partial charge in [-0.25, -0.2) is 4.98 Å². The number of aromatic nitrogens is 2. The highest BCUT2D eigenvalue weighted by Crippen LogP contribution is 2.46. The minimum atomic E-state index is -0.358. The molecule has 1 aromatic heterocycles. The molecule has 0 atom stereocenters. The minimum absolute atomic E-state index is 0.358. The second kappa shape index (κ2) is 4.43. The van der Waals surface area contributed by atoms with Gasteiger partial charge in [-0.15, -0.1) is 0 Å². The van der Waals surface area contributed by atoms with Crippen LogP contribution in [0, 0.1) is 11.3 Å². The molecular formula is C15H15N3O. The predicted molar refractivity (Wildman–Crippen MR) is 71.7 cm³/mol. The van der Waals surface area contributed by atoms with Gasteiger partial charge in [0, 0.05) is 0 Å². The minimum Gasteiger partial charge on any atom is -0.494 e. The van der Waals surface area contributed by atoms with E-state index in [0.717, 1.165) is 35.7 Å². The molecule has 0 spiro atoms. The first-order valence-electron chi connectivity index (χ1n) is 6.47. The SMILES string of the molecule is CCOc1ccc(-c2cnc(C3(C#N)CC3)[nH]2)cc1. The molecule has 1 fully saturated rings. The highest BCUT2D eigenvalue weighted by Gasteiger charge is 2.47. The van der Waals surface area contributed by atoms with Gasteiger partial charge in [0.1, 0.15) is 17.0 Å². The number of nitrogens with one attached hydrogen (secondary N) is 1. The van der Waals surface area contributed by atoms with Crippen molar-refractivity contribution in [1.82, 2.24) is 9.97 Å². The lowest BCUT2D eigenvalue weighted by Crippen LogP contribution is -2.04. The van der Waals surface area contributed by atoms with Crippen molar-refractivity contribution in [3.8, 4) is 23.1 Å². The summed E-state index contributed by atoms with van der Waals surface area (Å²) in [6, 6.07) is 10.2. The summed E-state index contributed by atoms with van der Waals surface area (Å²) < 4.78 is 5.41. The number of hydrogen-bond donors (Lipinski definition) is 1. The third-order valence-electron chi connectivity index (χ3n) is 3.47. The van der Waals surface area contributed by atoms with E-state index in [1.54, 1.807) is 6.20 Å². The molecule has 0 amide bonds. The van der Waals surface area contributed by atoms with Gasteiger partial charge in [-0.2, -0.15) is 5.26 Å². The maximum absolute atomic E-state index is 9.16. The molecule has 3 rings (SSSR count). The molecule has 2 aromatic rings. The summed E-state index contributed by atoms with van der Waals surface area (Å²) >= 11 is 0. The van der Waals surface area contributed by atoms with E-state index in [2.05, 4.69) is 16.0 Å². The van der Waals surface area contributed by atoms with Gasteiger partial charge in [-0.05, 0) is 49.6 Å². The van der Waals surface area contributed by atoms with Crippen LogP contribution < -0.4 is 4.74 Å². The largest absolute Gasteiger partial charge is 0.494 e. The Morgan fingerprint density at radius 2 is 2.11 bits per heavy atom. The first kappa shape index (κ1) is 11.8. The molecule has 1 aliphatic rings. The number of benzene rings is 1. The van der Waals surface area contributed by atoms with Crippen molar-refractivity contribution in [3.05, 3.63) is 36.3 Å². The number of ether oxygens (including phenoxy) is 1. The van der Waals surface area contributed by atoms with E-state index < -0.39 is 0 Å². The summed E-state index contributed by atoms with van der Waals surface area (Å²) in [7, 11) is 0. The van der Waals surface area contributed by atoms with E-state index in [4.69, 9.17) is 10.00 Å². The molecule has 0 unspecified atom stereocenters. The van der Waals surface area contributed by atoms with Crippen LogP contribution in [0.1, 0.15) is 25.6 Å². The van der Waals surface area contributed by atoms with E-state index in [1.165, 1.54) is 0 Å². The molecule has 1 aromatic carbocycles. The number of hydrogen-bond acceptors (Lipinski definition) is 3. The van der Waals surface area contributed by atoms with Crippen molar-refractivity contribution in [2.45, 2.75) is 25.2 Å². The van der Waals surface area contributed by atoms with Crippen LogP contribution in [0.15, 0.2) is 30.5 Å². The van der Waals surface area contributed by atoms with E-state index in [9.17, 15) is 0 Å². The predicted octanol–water partition coefficient (Wildman–Crippen LogP) is 3.03. The molecule has 0 aliphatic heterocycles. The zero-order valence-corrected chi connectivity index (χ0v) is 10.8. The number of aromatic amines is 1. The molecule has 4 heteroatoms. The molecule has 19 heavy (non-hydrogen) atoms. The van der Waals surface area contributed by atoms with E-state index in [1.807, 2.05) is 31.2 Å². The normalized spacial score (nSPS) is 15.8. The fourth-order valence-electron chi connectivity index (χ4n) is 2.14. The molecular weight excluding hydrogens is 238 g/mol. The summed E-state index contributed by atoms with van der Waals surface area (Å²) in [5, 5.41) is 9.16. The van der Waals surface area contributed by atoms with Crippen LogP contribution in [0.3, 0.4) is 0 Å². The van der Waals surface area contributed by atoms with Gasteiger partial charge >= 0.3 is 0 Å². The van der Waals surface area contributed by atoms with Crippen molar-refractivity contribution in [2.75, 3.05) is 6.61 Å². The molecule has 96 valence electrons. The average Bonchev–Trinajstić information content (AvgIpc) is 3.09. The maximum Gasteiger partial charge on any atom is 0.127 e. The topological polar surface area (TPSA) is 61.7 Å². The Kier molecular flexibility index (Phi) is 2.75. The Hall–Kier alpha value is -2.28. The van der Waals surface area contributed by atoms with Crippen molar-refractivity contribution < 1.29 is 4.74 Å². The third-order valence-corrected chi connectivity index (χ3v) is 3.47. The Bertz CT molecular complexity index is 618. The monoisotopic (exact) mass is 253 g/mol. The van der Waals surface area contributed by atoms with Crippen LogP contribution in [0.5, 0.6) is 5.75 Å². The molecule has 4 nitrogen and oxygen atoms in total. The number of rotatable bonds is 4. The number of nitriles is 1. The third kappa shape index (κ3) is 2.08. The summed E-state index contributed by atoms with van der Waals surface area (Å²) in [5.74, 6) is 1.65. The van der Waals surface area contributed by atoms with Gasteiger partial charge in [0.25, 0.3) is 0 Å². The van der Waals surface area contributed by atoms with Crippen LogP contribution in [0.2, 0.25) is 0 Å². The maximum atomic E-state index is 9.16. The van der Waals surface area contributed by atoms with Crippen molar-refractivity contribution in [1.29, 1.82) is 5.26 Å². The zero-order valence-electron chi connectivity index (χ0n) is 10.8. The van der Waals surface area contributed by atoms with Gasteiger partial charge in [0.15, 0.2) is 0 Å². The lowest BCUT2D eigenvalue weighted by Gasteiger charge is -2.04. The molecule has 1 N–H and O–H groups in total. The first-order chi connectivity index (χ1) is 9.27. The zero-order chi connectivity index (χ0) is 13.3. The Morgan fingerprint density at radius 1 is 1.37 bits per heavy atom. The van der Waals surface area contributed by atoms with Crippen LogP contribution in [0.25, 0.3) is 11.3 Å². The average molecular weight is 253 g/mol. The highest BCUT2D eigenvalue weighted by molar-refractivity contribution is 5.60. The summed E-state index contributed by atoms with van der Waals surface area (Å²) in [4.78, 5) is 7.61. The second-order valence-electron chi connectivity index (χ2n) is 4.80. The lowest BCUT2D eigenvalue weighted by atomic mass is 10.1. The fraction of sp³-hybridized carbons (Fsp3) is 0.333. The quantitative estimate of drug-likeness (QED) is 0.911. The Morgan fingerprint density at radius 3 is 2.68 bits per heavy atom. The molecule has 0 bridgehead atoms. The molecule has 1 aliphatic carbocycles. The summed E-state index contributed by atoms with van der Waals surface area (Å²) in [5.41, 5.74) is 1.64. The highest BCUT2D eigenvalue weighted by atomic mass is 16.5. The first-order valence-corrected chi connectivity index (χ1v) is 6.47. The van der Waals surface area contributed by atoms with Crippen molar-refractivity contribution in [3.63, 3.8) is 0 Å². The van der Waals surface area contributed by atoms with E-state index in [0.29, 0.717) is 6.61 Å². The van der Waals surface area contributed by atoms with Crippen molar-refractivity contribution in [2.24, 2.45) is 0 Å². The molecule has 1 saturated carbocycles. The molecule has 0 saturated heterocycles. The van der Waals surface area contributed by atoms with Gasteiger partial charge in [-0.3, -0.25) is 0 Å². The van der Waals surface area contributed by atoms with E-state index in [-0.39, 0.29) is 5.41 Å². The number of H-pyrrole nitrogens is 1. The smallest absolute Gasteiger partial charge is 0.127 e. The van der Waals surface area contributed by atoms with Crippen LogP contribution in [0.4, 0.5) is 0 Å². The fourth-order valence-corrected chi connectivity index (χ4v) is 2.14. The standard InChI is InChI=1S/C15H15N3O/c1-2-19-12-5-3-11(4-6-12)13-9-17-14(18-13)15(10-16)7-8-15/h3-6,9H,2,7-8H2,1H3,(H,17,18). The van der Waals surface area contributed by atoms with Crippen LogP contribution in [-0.4, -0.2) is 16.6 Å². The van der Waals surface area contributed by atoms with Gasteiger partial charge in [0.2, 0.25) is 0 Å². The summed E-state index contributed by atoms with van der Waals surface area (Å²) in [6.45, 7) is 2.63. The van der Waals surface area contributed by atoms with Gasteiger partial charge in [0.05, 0.1) is 24.6 Å². The lowest BCUT2D eigenvalue weighted by molar-refractivity contribution is 0.340. The second-order valence-corrected chi connectivity index (χ2v) is 4.80. The van der Waals surface area contributed by atoms with Crippen LogP contribution in [-0.2, 0) is 5.41 Å². The molecule has 1 heterocycles. The van der Waals surface area contributed by atoms with E-state index >= 15 is 0 Å². The van der Waals surface area contributed by atoms with Gasteiger partial charge in [-0.1, -0.05) is 0 Å². The van der Waals surface area contributed by atoms with Crippen LogP contribution >= 0.6 is 0 Å². The van der Waals surface area contributed by atoms with Crippen molar-refractivity contribution >= 4 is 0 Å².